The summed E-state index contributed by atoms with van der Waals surface area (Å²) < 4.78 is 2.10. The maximum absolute atomic E-state index is 10.7. The summed E-state index contributed by atoms with van der Waals surface area (Å²) in [6.07, 6.45) is -0.592. The first kappa shape index (κ1) is 19.4. The Labute approximate surface area is 178 Å². The number of aromatic nitrogens is 1. The van der Waals surface area contributed by atoms with E-state index in [9.17, 15) is 5.11 Å². The minimum Gasteiger partial charge on any atom is -0.389 e. The fourth-order valence-corrected chi connectivity index (χ4v) is 3.98. The molecule has 0 aliphatic heterocycles. The normalized spacial score (nSPS) is 12.6. The average Bonchev–Trinajstić information content (AvgIpc) is 2.95. The summed E-state index contributed by atoms with van der Waals surface area (Å²) >= 11 is 18.6. The van der Waals surface area contributed by atoms with Crippen molar-refractivity contribution in [3.63, 3.8) is 0 Å². The number of halogens is 3. The molecule has 6 heteroatoms. The van der Waals surface area contributed by atoms with Crippen molar-refractivity contribution in [3.05, 3.63) is 75.2 Å². The summed E-state index contributed by atoms with van der Waals surface area (Å²) in [4.78, 5) is 0. The molecule has 0 aliphatic rings. The molecule has 0 spiro atoms. The van der Waals surface area contributed by atoms with Crippen molar-refractivity contribution < 1.29 is 5.11 Å². The lowest BCUT2D eigenvalue weighted by Gasteiger charge is -2.16. The van der Waals surface area contributed by atoms with E-state index in [4.69, 9.17) is 34.8 Å². The van der Waals surface area contributed by atoms with E-state index in [-0.39, 0.29) is 0 Å². The van der Waals surface area contributed by atoms with E-state index in [0.29, 0.717) is 28.2 Å². The molecule has 1 atom stereocenters. The number of hydrogen-bond acceptors (Lipinski definition) is 2. The van der Waals surface area contributed by atoms with Crippen LogP contribution in [0.5, 0.6) is 0 Å². The molecule has 4 rings (SSSR count). The van der Waals surface area contributed by atoms with Gasteiger partial charge in [0.1, 0.15) is 0 Å². The number of rotatable bonds is 5. The number of nitrogens with zero attached hydrogens (tertiary/aromatic N) is 1. The van der Waals surface area contributed by atoms with Crippen LogP contribution in [0.4, 0.5) is 5.69 Å². The van der Waals surface area contributed by atoms with E-state index in [1.54, 1.807) is 0 Å². The van der Waals surface area contributed by atoms with Crippen LogP contribution >= 0.6 is 34.8 Å². The largest absolute Gasteiger partial charge is 0.389 e. The van der Waals surface area contributed by atoms with E-state index in [0.717, 1.165) is 33.1 Å². The van der Waals surface area contributed by atoms with Gasteiger partial charge >= 0.3 is 0 Å². The number of aryl methyl sites for hydroxylation is 1. The van der Waals surface area contributed by atoms with E-state index in [1.165, 1.54) is 0 Å². The van der Waals surface area contributed by atoms with Gasteiger partial charge in [-0.25, -0.2) is 0 Å². The Kier molecular flexibility index (Phi) is 5.44. The minimum absolute atomic E-state index is 0.404. The van der Waals surface area contributed by atoms with Gasteiger partial charge in [0.15, 0.2) is 0 Å². The van der Waals surface area contributed by atoms with E-state index >= 15 is 0 Å². The van der Waals surface area contributed by atoms with Crippen molar-refractivity contribution in [3.8, 4) is 0 Å². The van der Waals surface area contributed by atoms with Gasteiger partial charge in [0.25, 0.3) is 0 Å². The van der Waals surface area contributed by atoms with Crippen molar-refractivity contribution in [2.24, 2.45) is 0 Å². The number of aliphatic hydroxyl groups excluding tert-OH is 1. The molecule has 0 amide bonds. The molecule has 0 radical (unpaired) electrons. The molecule has 1 aromatic heterocycles. The van der Waals surface area contributed by atoms with Gasteiger partial charge < -0.3 is 15.0 Å². The maximum Gasteiger partial charge on any atom is 0.0891 e. The lowest BCUT2D eigenvalue weighted by Crippen LogP contribution is -2.24. The summed E-state index contributed by atoms with van der Waals surface area (Å²) in [6.45, 7) is 2.80. The van der Waals surface area contributed by atoms with E-state index in [2.05, 4.69) is 9.88 Å². The summed E-state index contributed by atoms with van der Waals surface area (Å²) in [5.41, 5.74) is 3.93. The lowest BCUT2D eigenvalue weighted by atomic mass is 10.1. The molecular formula is C22H19Cl3N2O. The Morgan fingerprint density at radius 3 is 2.07 bits per heavy atom. The number of hydrogen-bond donors (Lipinski definition) is 2. The highest BCUT2D eigenvalue weighted by molar-refractivity contribution is 6.33. The summed E-state index contributed by atoms with van der Waals surface area (Å²) in [5.74, 6) is 0. The van der Waals surface area contributed by atoms with Crippen LogP contribution in [-0.4, -0.2) is 22.3 Å². The second kappa shape index (κ2) is 7.84. The first-order chi connectivity index (χ1) is 13.4. The SMILES string of the molecule is Cc1ccc(NCC(O)Cn2c3ccc(Cl)cc3c3cc(Cl)ccc32)cc1Cl. The van der Waals surface area contributed by atoms with Crippen molar-refractivity contribution in [1.82, 2.24) is 4.57 Å². The van der Waals surface area contributed by atoms with Gasteiger partial charge in [-0.15, -0.1) is 0 Å². The molecule has 1 unspecified atom stereocenters. The molecule has 28 heavy (non-hydrogen) atoms. The molecule has 2 N–H and O–H groups in total. The molecule has 0 aliphatic carbocycles. The Morgan fingerprint density at radius 2 is 1.50 bits per heavy atom. The van der Waals surface area contributed by atoms with Gasteiger partial charge in [-0.1, -0.05) is 40.9 Å². The topological polar surface area (TPSA) is 37.2 Å². The molecule has 144 valence electrons. The van der Waals surface area contributed by atoms with Crippen LogP contribution in [0.2, 0.25) is 15.1 Å². The zero-order valence-corrected chi connectivity index (χ0v) is 17.5. The Morgan fingerprint density at radius 1 is 0.893 bits per heavy atom. The second-order valence-corrected chi connectivity index (χ2v) is 8.21. The van der Waals surface area contributed by atoms with Gasteiger partial charge in [0.05, 0.1) is 12.6 Å². The first-order valence-electron chi connectivity index (χ1n) is 8.97. The van der Waals surface area contributed by atoms with Crippen molar-refractivity contribution in [2.75, 3.05) is 11.9 Å². The zero-order valence-electron chi connectivity index (χ0n) is 15.2. The number of nitrogens with one attached hydrogen (secondary N) is 1. The predicted octanol–water partition coefficient (Wildman–Crippen LogP) is 6.54. The zero-order chi connectivity index (χ0) is 19.8. The van der Waals surface area contributed by atoms with Crippen molar-refractivity contribution in [1.29, 1.82) is 0 Å². The molecule has 0 bridgehead atoms. The smallest absolute Gasteiger partial charge is 0.0891 e. The van der Waals surface area contributed by atoms with Crippen molar-refractivity contribution >= 4 is 62.3 Å². The van der Waals surface area contributed by atoms with Crippen LogP contribution in [0.25, 0.3) is 21.8 Å². The maximum atomic E-state index is 10.7. The van der Waals surface area contributed by atoms with Gasteiger partial charge in [-0.2, -0.15) is 0 Å². The quantitative estimate of drug-likeness (QED) is 0.375. The first-order valence-corrected chi connectivity index (χ1v) is 10.1. The van der Waals surface area contributed by atoms with Crippen LogP contribution < -0.4 is 5.32 Å². The molecule has 3 aromatic carbocycles. The van der Waals surface area contributed by atoms with Crippen LogP contribution in [0.3, 0.4) is 0 Å². The van der Waals surface area contributed by atoms with Crippen LogP contribution in [0.15, 0.2) is 54.6 Å². The average molecular weight is 434 g/mol. The van der Waals surface area contributed by atoms with Gasteiger partial charge in [0, 0.05) is 49.1 Å². The van der Waals surface area contributed by atoms with Gasteiger partial charge in [-0.05, 0) is 61.0 Å². The van der Waals surface area contributed by atoms with Crippen LogP contribution in [0, 0.1) is 6.92 Å². The standard InChI is InChI=1S/C22H19Cl3N2O/c1-13-2-5-16(10-20(13)25)26-11-17(28)12-27-21-6-3-14(23)8-18(21)19-9-15(24)4-7-22(19)27/h2-10,17,26,28H,11-12H2,1H3. The molecular weight excluding hydrogens is 415 g/mol. The van der Waals surface area contributed by atoms with E-state index in [1.807, 2.05) is 61.5 Å². The number of benzene rings is 3. The third-order valence-electron chi connectivity index (χ3n) is 4.90. The van der Waals surface area contributed by atoms with Gasteiger partial charge in [0.2, 0.25) is 0 Å². The second-order valence-electron chi connectivity index (χ2n) is 6.93. The third kappa shape index (κ3) is 3.81. The monoisotopic (exact) mass is 432 g/mol. The molecule has 1 heterocycles. The van der Waals surface area contributed by atoms with Crippen LogP contribution in [0.1, 0.15) is 5.56 Å². The predicted molar refractivity (Wildman–Crippen MR) is 120 cm³/mol. The highest BCUT2D eigenvalue weighted by Gasteiger charge is 2.15. The Balaban J connectivity index is 1.62. The third-order valence-corrected chi connectivity index (χ3v) is 5.77. The highest BCUT2D eigenvalue weighted by atomic mass is 35.5. The van der Waals surface area contributed by atoms with Gasteiger partial charge in [-0.3, -0.25) is 0 Å². The summed E-state index contributed by atoms with van der Waals surface area (Å²) in [6, 6.07) is 17.3. The molecule has 0 saturated heterocycles. The summed E-state index contributed by atoms with van der Waals surface area (Å²) in [5, 5.41) is 18.0. The Bertz CT molecular complexity index is 1110. The van der Waals surface area contributed by atoms with Crippen LogP contribution in [-0.2, 0) is 6.54 Å². The molecule has 0 saturated carbocycles. The number of fused-ring (bicyclic) bond motifs is 3. The number of anilines is 1. The Hall–Kier alpha value is -1.91. The minimum atomic E-state index is -0.592. The molecule has 3 nitrogen and oxygen atoms in total. The lowest BCUT2D eigenvalue weighted by molar-refractivity contribution is 0.169. The number of aliphatic hydroxyl groups is 1. The highest BCUT2D eigenvalue weighted by Crippen LogP contribution is 2.33. The summed E-state index contributed by atoms with van der Waals surface area (Å²) in [7, 11) is 0. The van der Waals surface area contributed by atoms with Crippen molar-refractivity contribution in [2.45, 2.75) is 19.6 Å². The fraction of sp³-hybridized carbons (Fsp3) is 0.182. The fourth-order valence-electron chi connectivity index (χ4n) is 3.46. The van der Waals surface area contributed by atoms with E-state index < -0.39 is 6.10 Å². The molecule has 0 fully saturated rings. The molecule has 4 aromatic rings.